The maximum atomic E-state index is 11.2. The molecule has 1 saturated heterocycles. The molecule has 1 heterocycles. The highest BCUT2D eigenvalue weighted by molar-refractivity contribution is 5.95. The van der Waals surface area contributed by atoms with E-state index in [1.165, 1.54) is 23.1 Å². The van der Waals surface area contributed by atoms with Gasteiger partial charge >= 0.3 is 5.97 Å². The Bertz CT molecular complexity index is 586. The molecule has 0 aromatic heterocycles. The lowest BCUT2D eigenvalue weighted by Crippen LogP contribution is -2.36. The van der Waals surface area contributed by atoms with E-state index in [0.29, 0.717) is 19.4 Å². The first kappa shape index (κ1) is 13.8. The highest BCUT2D eigenvalue weighted by atomic mass is 16.6. The van der Waals surface area contributed by atoms with Crippen molar-refractivity contribution < 1.29 is 19.6 Å². The van der Waals surface area contributed by atoms with E-state index in [1.807, 2.05) is 0 Å². The predicted molar refractivity (Wildman–Crippen MR) is 69.6 cm³/mol. The third-order valence-corrected chi connectivity index (χ3v) is 3.30. The Morgan fingerprint density at radius 2 is 2.15 bits per heavy atom. The number of amides is 1. The number of carboxylic acid groups (broad SMARTS) is 1. The summed E-state index contributed by atoms with van der Waals surface area (Å²) in [6.45, 7) is 0.389. The number of hydrogen-bond donors (Lipinski definition) is 2. The lowest BCUT2D eigenvalue weighted by atomic mass is 10.1. The van der Waals surface area contributed by atoms with Crippen LogP contribution < -0.4 is 10.6 Å². The number of rotatable bonds is 4. The van der Waals surface area contributed by atoms with Gasteiger partial charge in [-0.2, -0.15) is 0 Å². The molecule has 0 saturated carbocycles. The van der Waals surface area contributed by atoms with Gasteiger partial charge in [-0.25, -0.2) is 4.79 Å². The van der Waals surface area contributed by atoms with Crippen LogP contribution in [0.2, 0.25) is 0 Å². The fraction of sp³-hybridized carbons (Fsp3) is 0.333. The molecule has 3 N–H and O–H groups in total. The molecule has 106 valence electrons. The molecule has 0 radical (unpaired) electrons. The zero-order chi connectivity index (χ0) is 14.9. The van der Waals surface area contributed by atoms with Crippen LogP contribution in [0, 0.1) is 10.1 Å². The van der Waals surface area contributed by atoms with Crippen molar-refractivity contribution >= 4 is 23.3 Å². The zero-order valence-electron chi connectivity index (χ0n) is 10.5. The minimum Gasteiger partial charge on any atom is -0.480 e. The van der Waals surface area contributed by atoms with Gasteiger partial charge in [-0.1, -0.05) is 0 Å². The number of nitro groups is 1. The van der Waals surface area contributed by atoms with Crippen LogP contribution in [0.1, 0.15) is 23.2 Å². The summed E-state index contributed by atoms with van der Waals surface area (Å²) in [5.74, 6) is -1.76. The van der Waals surface area contributed by atoms with Gasteiger partial charge < -0.3 is 15.7 Å². The summed E-state index contributed by atoms with van der Waals surface area (Å²) in [6.07, 6.45) is 1.03. The van der Waals surface area contributed by atoms with Crippen LogP contribution in [0.5, 0.6) is 0 Å². The number of aliphatic carboxylic acids is 1. The Labute approximate surface area is 113 Å². The van der Waals surface area contributed by atoms with Crippen LogP contribution in [-0.4, -0.2) is 34.5 Å². The van der Waals surface area contributed by atoms with E-state index in [4.69, 9.17) is 10.8 Å². The standard InChI is InChI=1S/C12H13N3O5/c13-11(16)7-3-4-8(15(19)20)10(6-7)14-5-1-2-9(14)12(17)18/h3-4,6,9H,1-2,5H2,(H2,13,16)(H,17,18). The number of nitro benzene ring substituents is 1. The number of nitrogens with two attached hydrogens (primary N) is 1. The molecule has 1 unspecified atom stereocenters. The molecule has 0 bridgehead atoms. The van der Waals surface area contributed by atoms with Crippen LogP contribution in [-0.2, 0) is 4.79 Å². The minimum atomic E-state index is -1.04. The van der Waals surface area contributed by atoms with Gasteiger partial charge in [-0.15, -0.1) is 0 Å². The van der Waals surface area contributed by atoms with Gasteiger partial charge in [0.25, 0.3) is 5.69 Å². The van der Waals surface area contributed by atoms with Gasteiger partial charge in [0.05, 0.1) is 4.92 Å². The number of benzene rings is 1. The second-order valence-corrected chi connectivity index (χ2v) is 4.51. The van der Waals surface area contributed by atoms with E-state index < -0.39 is 22.8 Å². The molecule has 1 aliphatic rings. The molecule has 1 aliphatic heterocycles. The Morgan fingerprint density at radius 1 is 1.45 bits per heavy atom. The number of anilines is 1. The van der Waals surface area contributed by atoms with Gasteiger partial charge in [0.1, 0.15) is 11.7 Å². The van der Waals surface area contributed by atoms with E-state index in [1.54, 1.807) is 0 Å². The van der Waals surface area contributed by atoms with Crippen LogP contribution >= 0.6 is 0 Å². The van der Waals surface area contributed by atoms with Crippen molar-refractivity contribution in [1.29, 1.82) is 0 Å². The molecular formula is C12H13N3O5. The second-order valence-electron chi connectivity index (χ2n) is 4.51. The molecule has 1 aromatic rings. The highest BCUT2D eigenvalue weighted by Crippen LogP contribution is 2.34. The average Bonchev–Trinajstić information content (AvgIpc) is 2.86. The second kappa shape index (κ2) is 5.16. The number of nitrogens with zero attached hydrogens (tertiary/aromatic N) is 2. The largest absolute Gasteiger partial charge is 0.480 e. The first-order chi connectivity index (χ1) is 9.41. The van der Waals surface area contributed by atoms with Crippen LogP contribution in [0.4, 0.5) is 11.4 Å². The summed E-state index contributed by atoms with van der Waals surface area (Å²) in [6, 6.07) is 2.89. The topological polar surface area (TPSA) is 127 Å². The number of carboxylic acids is 1. The molecule has 2 rings (SSSR count). The summed E-state index contributed by atoms with van der Waals surface area (Å²) in [5.41, 5.74) is 5.16. The SMILES string of the molecule is NC(=O)c1ccc([N+](=O)[O-])c(N2CCCC2C(=O)O)c1. The lowest BCUT2D eigenvalue weighted by Gasteiger charge is -2.23. The molecule has 1 aromatic carbocycles. The van der Waals surface area contributed by atoms with Gasteiger partial charge in [0.15, 0.2) is 0 Å². The van der Waals surface area contributed by atoms with E-state index in [0.717, 1.165) is 0 Å². The third-order valence-electron chi connectivity index (χ3n) is 3.30. The molecule has 1 atom stereocenters. The first-order valence-corrected chi connectivity index (χ1v) is 5.99. The lowest BCUT2D eigenvalue weighted by molar-refractivity contribution is -0.384. The number of primary amides is 1. The molecule has 1 fully saturated rings. The van der Waals surface area contributed by atoms with E-state index >= 15 is 0 Å². The summed E-state index contributed by atoms with van der Waals surface area (Å²) in [4.78, 5) is 34.3. The Kier molecular flexibility index (Phi) is 3.55. The third kappa shape index (κ3) is 2.40. The quantitative estimate of drug-likeness (QED) is 0.618. The smallest absolute Gasteiger partial charge is 0.326 e. The summed E-state index contributed by atoms with van der Waals surface area (Å²) < 4.78 is 0. The van der Waals surface area contributed by atoms with Gasteiger partial charge in [-0.3, -0.25) is 14.9 Å². The van der Waals surface area contributed by atoms with E-state index in [2.05, 4.69) is 0 Å². The van der Waals surface area contributed by atoms with Crippen molar-refractivity contribution in [2.45, 2.75) is 18.9 Å². The summed E-state index contributed by atoms with van der Waals surface area (Å²) >= 11 is 0. The monoisotopic (exact) mass is 279 g/mol. The van der Waals surface area contributed by atoms with E-state index in [-0.39, 0.29) is 16.9 Å². The molecule has 8 nitrogen and oxygen atoms in total. The number of carbonyl (C=O) groups excluding carboxylic acids is 1. The average molecular weight is 279 g/mol. The maximum absolute atomic E-state index is 11.2. The summed E-state index contributed by atoms with van der Waals surface area (Å²) in [7, 11) is 0. The number of carbonyl (C=O) groups is 2. The van der Waals surface area contributed by atoms with Crippen molar-refractivity contribution in [3.8, 4) is 0 Å². The molecule has 20 heavy (non-hydrogen) atoms. The Hall–Kier alpha value is -2.64. The van der Waals surface area contributed by atoms with Crippen LogP contribution in [0.15, 0.2) is 18.2 Å². The Balaban J connectivity index is 2.52. The zero-order valence-corrected chi connectivity index (χ0v) is 10.5. The molecule has 8 heteroatoms. The maximum Gasteiger partial charge on any atom is 0.326 e. The van der Waals surface area contributed by atoms with Gasteiger partial charge in [0.2, 0.25) is 5.91 Å². The molecule has 0 spiro atoms. The fourth-order valence-electron chi connectivity index (χ4n) is 2.37. The first-order valence-electron chi connectivity index (χ1n) is 5.99. The van der Waals surface area contributed by atoms with Crippen LogP contribution in [0.3, 0.4) is 0 Å². The normalized spacial score (nSPS) is 18.0. The predicted octanol–water partition coefficient (Wildman–Crippen LogP) is 0.747. The Morgan fingerprint density at radius 3 is 2.70 bits per heavy atom. The van der Waals surface area contributed by atoms with Crippen molar-refractivity contribution in [3.63, 3.8) is 0 Å². The van der Waals surface area contributed by atoms with Gasteiger partial charge in [0, 0.05) is 18.2 Å². The number of hydrogen-bond acceptors (Lipinski definition) is 5. The molecule has 1 amide bonds. The fourth-order valence-corrected chi connectivity index (χ4v) is 2.37. The molecular weight excluding hydrogens is 266 g/mol. The van der Waals surface area contributed by atoms with Gasteiger partial charge in [-0.05, 0) is 25.0 Å². The minimum absolute atomic E-state index is 0.113. The van der Waals surface area contributed by atoms with Crippen molar-refractivity contribution in [2.75, 3.05) is 11.4 Å². The van der Waals surface area contributed by atoms with Crippen molar-refractivity contribution in [2.24, 2.45) is 5.73 Å². The van der Waals surface area contributed by atoms with Crippen molar-refractivity contribution in [3.05, 3.63) is 33.9 Å². The molecule has 0 aliphatic carbocycles. The summed E-state index contributed by atoms with van der Waals surface area (Å²) in [5, 5.41) is 20.2. The van der Waals surface area contributed by atoms with Crippen LogP contribution in [0.25, 0.3) is 0 Å². The van der Waals surface area contributed by atoms with Crippen molar-refractivity contribution in [1.82, 2.24) is 0 Å². The van der Waals surface area contributed by atoms with E-state index in [9.17, 15) is 19.7 Å². The highest BCUT2D eigenvalue weighted by Gasteiger charge is 2.34.